The lowest BCUT2D eigenvalue weighted by Crippen LogP contribution is -2.16. The van der Waals surface area contributed by atoms with E-state index in [0.29, 0.717) is 15.7 Å². The Kier molecular flexibility index (Phi) is 4.94. The minimum atomic E-state index is -4.54. The molecule has 0 aliphatic rings. The first-order valence-corrected chi connectivity index (χ1v) is 8.02. The van der Waals surface area contributed by atoms with Gasteiger partial charge in [0, 0.05) is 28.6 Å². The number of hydrogen-bond acceptors (Lipinski definition) is 3. The normalized spacial score (nSPS) is 12.2. The summed E-state index contributed by atoms with van der Waals surface area (Å²) in [6.45, 7) is 0. The summed E-state index contributed by atoms with van der Waals surface area (Å²) in [5, 5.41) is 0. The zero-order chi connectivity index (χ0) is 17.9. The maximum atomic E-state index is 13.4. The minimum absolute atomic E-state index is 0.105. The van der Waals surface area contributed by atoms with Crippen molar-refractivity contribution >= 4 is 27.3 Å². The summed E-state index contributed by atoms with van der Waals surface area (Å²) in [6, 6.07) is 12.6. The molecule has 1 aromatic carbocycles. The summed E-state index contributed by atoms with van der Waals surface area (Å²) in [6.07, 6.45) is -0.218. The molecule has 0 bridgehead atoms. The number of hydrogen-bond donors (Lipinski definition) is 0. The third kappa shape index (κ3) is 3.93. The Morgan fingerprint density at radius 3 is 2.40 bits per heavy atom. The van der Waals surface area contributed by atoms with Gasteiger partial charge in [0.05, 0.1) is 17.0 Å². The maximum Gasteiger partial charge on any atom is 0.418 e. The molecule has 0 N–H and O–H groups in total. The van der Waals surface area contributed by atoms with Crippen molar-refractivity contribution in [1.82, 2.24) is 9.97 Å². The molecule has 3 rings (SSSR count). The number of aliphatic imine (C=N–C) groups is 1. The van der Waals surface area contributed by atoms with Gasteiger partial charge in [-0.2, -0.15) is 13.2 Å². The van der Waals surface area contributed by atoms with E-state index in [1.54, 1.807) is 42.6 Å². The van der Waals surface area contributed by atoms with Crippen molar-refractivity contribution in [2.45, 2.75) is 6.18 Å². The third-order valence-electron chi connectivity index (χ3n) is 3.36. The van der Waals surface area contributed by atoms with Crippen molar-refractivity contribution in [3.63, 3.8) is 0 Å². The summed E-state index contributed by atoms with van der Waals surface area (Å²) in [7, 11) is 0. The fourth-order valence-corrected chi connectivity index (χ4v) is 2.62. The molecular formula is C18H11BrF3N3. The molecule has 3 aromatic rings. The standard InChI is InChI=1S/C18H11BrF3N3/c19-14-7-1-2-8-15(14)25-16(12-5-3-9-23-11-12)17-13(18(20,21)22)6-4-10-24-17/h1-11H. The first-order chi connectivity index (χ1) is 12.0. The molecule has 0 saturated heterocycles. The summed E-state index contributed by atoms with van der Waals surface area (Å²) < 4.78 is 40.9. The highest BCUT2D eigenvalue weighted by Gasteiger charge is 2.35. The SMILES string of the molecule is FC(F)(F)c1cccnc1C(=Nc1ccccc1Br)c1cccnc1. The van der Waals surface area contributed by atoms with Gasteiger partial charge in [-0.25, -0.2) is 4.99 Å². The molecule has 0 amide bonds. The van der Waals surface area contributed by atoms with E-state index in [1.165, 1.54) is 18.5 Å². The van der Waals surface area contributed by atoms with E-state index in [4.69, 9.17) is 0 Å². The van der Waals surface area contributed by atoms with Gasteiger partial charge in [0.15, 0.2) is 0 Å². The number of aromatic nitrogens is 2. The van der Waals surface area contributed by atoms with Gasteiger partial charge in [-0.05, 0) is 52.3 Å². The Labute approximate surface area is 150 Å². The smallest absolute Gasteiger partial charge is 0.264 e. The Morgan fingerprint density at radius 2 is 1.72 bits per heavy atom. The molecule has 0 saturated carbocycles. The molecule has 0 spiro atoms. The van der Waals surface area contributed by atoms with E-state index in [1.807, 2.05) is 0 Å². The third-order valence-corrected chi connectivity index (χ3v) is 4.03. The van der Waals surface area contributed by atoms with Gasteiger partial charge in [-0.1, -0.05) is 12.1 Å². The highest BCUT2D eigenvalue weighted by Crippen LogP contribution is 2.33. The summed E-state index contributed by atoms with van der Waals surface area (Å²) in [5.41, 5.74) is -0.0288. The van der Waals surface area contributed by atoms with E-state index in [-0.39, 0.29) is 11.4 Å². The molecule has 0 fully saturated rings. The molecule has 0 aliphatic heterocycles. The molecule has 7 heteroatoms. The van der Waals surface area contributed by atoms with Crippen molar-refractivity contribution < 1.29 is 13.2 Å². The van der Waals surface area contributed by atoms with Crippen LogP contribution in [-0.4, -0.2) is 15.7 Å². The maximum absolute atomic E-state index is 13.4. The number of rotatable bonds is 3. The van der Waals surface area contributed by atoms with Crippen LogP contribution in [0, 0.1) is 0 Å². The molecule has 2 heterocycles. The predicted octanol–water partition coefficient (Wildman–Crippen LogP) is 5.43. The lowest BCUT2D eigenvalue weighted by atomic mass is 10.0. The molecular weight excluding hydrogens is 395 g/mol. The number of pyridine rings is 2. The monoisotopic (exact) mass is 405 g/mol. The first kappa shape index (κ1) is 17.3. The summed E-state index contributed by atoms with van der Waals surface area (Å²) >= 11 is 3.36. The Morgan fingerprint density at radius 1 is 0.960 bits per heavy atom. The lowest BCUT2D eigenvalue weighted by molar-refractivity contribution is -0.137. The van der Waals surface area contributed by atoms with Gasteiger partial charge in [0.25, 0.3) is 0 Å². The van der Waals surface area contributed by atoms with Crippen LogP contribution in [0.15, 0.2) is 76.6 Å². The van der Waals surface area contributed by atoms with Crippen molar-refractivity contribution in [3.05, 3.63) is 88.4 Å². The van der Waals surface area contributed by atoms with Crippen LogP contribution in [0.1, 0.15) is 16.8 Å². The van der Waals surface area contributed by atoms with Crippen LogP contribution in [-0.2, 0) is 6.18 Å². The Balaban J connectivity index is 2.26. The molecule has 126 valence electrons. The summed E-state index contributed by atoms with van der Waals surface area (Å²) in [4.78, 5) is 12.4. The molecule has 0 unspecified atom stereocenters. The molecule has 0 radical (unpaired) electrons. The van der Waals surface area contributed by atoms with E-state index in [2.05, 4.69) is 30.9 Å². The number of benzene rings is 1. The Hall–Kier alpha value is -2.54. The van der Waals surface area contributed by atoms with Crippen LogP contribution in [0.3, 0.4) is 0 Å². The molecule has 0 atom stereocenters. The van der Waals surface area contributed by atoms with E-state index < -0.39 is 11.7 Å². The van der Waals surface area contributed by atoms with Crippen molar-refractivity contribution in [1.29, 1.82) is 0 Å². The average Bonchev–Trinajstić information content (AvgIpc) is 2.61. The largest absolute Gasteiger partial charge is 0.418 e. The van der Waals surface area contributed by atoms with E-state index in [9.17, 15) is 13.2 Å². The quantitative estimate of drug-likeness (QED) is 0.545. The minimum Gasteiger partial charge on any atom is -0.264 e. The Bertz CT molecular complexity index is 909. The second kappa shape index (κ2) is 7.14. The molecule has 2 aromatic heterocycles. The second-order valence-electron chi connectivity index (χ2n) is 5.05. The second-order valence-corrected chi connectivity index (χ2v) is 5.91. The number of alkyl halides is 3. The van der Waals surface area contributed by atoms with Gasteiger partial charge in [-0.15, -0.1) is 0 Å². The number of nitrogens with zero attached hydrogens (tertiary/aromatic N) is 3. The highest BCUT2D eigenvalue weighted by molar-refractivity contribution is 9.10. The topological polar surface area (TPSA) is 38.1 Å². The number of para-hydroxylation sites is 1. The summed E-state index contributed by atoms with van der Waals surface area (Å²) in [5.74, 6) is 0. The zero-order valence-electron chi connectivity index (χ0n) is 12.7. The van der Waals surface area contributed by atoms with Crippen LogP contribution < -0.4 is 0 Å². The fraction of sp³-hybridized carbons (Fsp3) is 0.0556. The van der Waals surface area contributed by atoms with Crippen LogP contribution in [0.5, 0.6) is 0 Å². The molecule has 0 aliphatic carbocycles. The van der Waals surface area contributed by atoms with Crippen LogP contribution in [0.25, 0.3) is 0 Å². The van der Waals surface area contributed by atoms with Crippen LogP contribution in [0.2, 0.25) is 0 Å². The fourth-order valence-electron chi connectivity index (χ4n) is 2.24. The van der Waals surface area contributed by atoms with Gasteiger partial charge in [-0.3, -0.25) is 9.97 Å². The van der Waals surface area contributed by atoms with E-state index in [0.717, 1.165) is 6.07 Å². The number of halogens is 4. The van der Waals surface area contributed by atoms with Gasteiger partial charge >= 0.3 is 6.18 Å². The first-order valence-electron chi connectivity index (χ1n) is 7.23. The van der Waals surface area contributed by atoms with Gasteiger partial charge < -0.3 is 0 Å². The van der Waals surface area contributed by atoms with Crippen molar-refractivity contribution in [2.24, 2.45) is 4.99 Å². The highest BCUT2D eigenvalue weighted by atomic mass is 79.9. The van der Waals surface area contributed by atoms with Crippen molar-refractivity contribution in [3.8, 4) is 0 Å². The van der Waals surface area contributed by atoms with Gasteiger partial charge in [0.1, 0.15) is 5.69 Å². The van der Waals surface area contributed by atoms with Crippen LogP contribution >= 0.6 is 15.9 Å². The zero-order valence-corrected chi connectivity index (χ0v) is 14.3. The average molecular weight is 406 g/mol. The molecule has 25 heavy (non-hydrogen) atoms. The van der Waals surface area contributed by atoms with E-state index >= 15 is 0 Å². The van der Waals surface area contributed by atoms with Crippen molar-refractivity contribution in [2.75, 3.05) is 0 Å². The van der Waals surface area contributed by atoms with Crippen LogP contribution in [0.4, 0.5) is 18.9 Å². The lowest BCUT2D eigenvalue weighted by Gasteiger charge is -2.14. The predicted molar refractivity (Wildman–Crippen MR) is 92.9 cm³/mol. The van der Waals surface area contributed by atoms with Gasteiger partial charge in [0.2, 0.25) is 0 Å². The molecule has 3 nitrogen and oxygen atoms in total.